The molecule has 2 aromatic rings. The molecule has 2 aromatic carbocycles. The Labute approximate surface area is 139 Å². The number of rotatable bonds is 4. The molecule has 0 unspecified atom stereocenters. The second kappa shape index (κ2) is 5.86. The van der Waals surface area contributed by atoms with Gasteiger partial charge in [0.1, 0.15) is 11.6 Å². The Bertz CT molecular complexity index is 767. The zero-order chi connectivity index (χ0) is 17.4. The molecule has 0 radical (unpaired) electrons. The van der Waals surface area contributed by atoms with Crippen molar-refractivity contribution in [1.82, 2.24) is 0 Å². The van der Waals surface area contributed by atoms with Gasteiger partial charge in [-0.2, -0.15) is 0 Å². The molecule has 2 nitrogen and oxygen atoms in total. The van der Waals surface area contributed by atoms with Crippen LogP contribution in [0.15, 0.2) is 60.7 Å². The first-order valence-electron chi connectivity index (χ1n) is 7.70. The van der Waals surface area contributed by atoms with Crippen LogP contribution in [-0.2, 0) is 14.9 Å². The van der Waals surface area contributed by atoms with Crippen LogP contribution >= 0.6 is 0 Å². The standard InChI is InChI=1S/C20H18F2O2/c1-19(10-9-18(23)24-2)13-20(19,14-5-3-7-16(21)11-14)15-6-4-8-17(22)12-15/h3-12H,13H2,1-2H3/b10-9+/t19-/m0/s1. The summed E-state index contributed by atoms with van der Waals surface area (Å²) in [4.78, 5) is 11.4. The maximum atomic E-state index is 13.8. The molecule has 0 saturated heterocycles. The van der Waals surface area contributed by atoms with Gasteiger partial charge in [0.05, 0.1) is 7.11 Å². The average molecular weight is 328 g/mol. The lowest BCUT2D eigenvalue weighted by atomic mass is 9.80. The number of benzene rings is 2. The van der Waals surface area contributed by atoms with E-state index < -0.39 is 16.8 Å². The summed E-state index contributed by atoms with van der Waals surface area (Å²) in [5, 5.41) is 0. The van der Waals surface area contributed by atoms with E-state index in [0.29, 0.717) is 6.42 Å². The maximum absolute atomic E-state index is 13.8. The summed E-state index contributed by atoms with van der Waals surface area (Å²) >= 11 is 0. The summed E-state index contributed by atoms with van der Waals surface area (Å²) in [6.45, 7) is 1.97. The van der Waals surface area contributed by atoms with Gasteiger partial charge >= 0.3 is 5.97 Å². The van der Waals surface area contributed by atoms with Gasteiger partial charge in [0, 0.05) is 16.9 Å². The molecule has 3 rings (SSSR count). The van der Waals surface area contributed by atoms with E-state index in [2.05, 4.69) is 4.74 Å². The largest absolute Gasteiger partial charge is 0.466 e. The summed E-state index contributed by atoms with van der Waals surface area (Å²) in [6, 6.07) is 12.7. The van der Waals surface area contributed by atoms with E-state index in [0.717, 1.165) is 11.1 Å². The van der Waals surface area contributed by atoms with E-state index in [1.165, 1.54) is 37.5 Å². The van der Waals surface area contributed by atoms with Crippen LogP contribution in [0.4, 0.5) is 8.78 Å². The van der Waals surface area contributed by atoms with E-state index in [1.807, 2.05) is 19.1 Å². The maximum Gasteiger partial charge on any atom is 0.330 e. The Morgan fingerprint density at radius 2 is 1.62 bits per heavy atom. The highest BCUT2D eigenvalue weighted by Crippen LogP contribution is 2.68. The summed E-state index contributed by atoms with van der Waals surface area (Å²) in [6.07, 6.45) is 3.80. The molecule has 24 heavy (non-hydrogen) atoms. The van der Waals surface area contributed by atoms with Gasteiger partial charge in [0.25, 0.3) is 0 Å². The van der Waals surface area contributed by atoms with Crippen molar-refractivity contribution in [1.29, 1.82) is 0 Å². The lowest BCUT2D eigenvalue weighted by molar-refractivity contribution is -0.134. The molecule has 1 fully saturated rings. The fourth-order valence-electron chi connectivity index (χ4n) is 3.57. The lowest BCUT2D eigenvalue weighted by Crippen LogP contribution is -2.18. The molecule has 1 saturated carbocycles. The third-order valence-electron chi connectivity index (χ3n) is 4.91. The van der Waals surface area contributed by atoms with Crippen molar-refractivity contribution in [2.75, 3.05) is 7.11 Å². The molecule has 4 heteroatoms. The van der Waals surface area contributed by atoms with Gasteiger partial charge in [0.15, 0.2) is 0 Å². The average Bonchev–Trinajstić information content (AvgIpc) is 3.20. The monoisotopic (exact) mass is 328 g/mol. The Morgan fingerprint density at radius 3 is 2.08 bits per heavy atom. The fourth-order valence-corrected chi connectivity index (χ4v) is 3.57. The van der Waals surface area contributed by atoms with Crippen molar-refractivity contribution in [3.8, 4) is 0 Å². The van der Waals surface area contributed by atoms with Crippen molar-refractivity contribution < 1.29 is 18.3 Å². The van der Waals surface area contributed by atoms with E-state index in [-0.39, 0.29) is 11.6 Å². The van der Waals surface area contributed by atoms with Crippen molar-refractivity contribution >= 4 is 5.97 Å². The molecule has 0 heterocycles. The molecular formula is C20H18F2O2. The Morgan fingerprint density at radius 1 is 1.08 bits per heavy atom. The zero-order valence-corrected chi connectivity index (χ0v) is 13.6. The second-order valence-corrected chi connectivity index (χ2v) is 6.38. The third kappa shape index (κ3) is 2.62. The topological polar surface area (TPSA) is 26.3 Å². The molecule has 0 amide bonds. The molecule has 0 aliphatic heterocycles. The number of carbonyl (C=O) groups is 1. The van der Waals surface area contributed by atoms with Crippen LogP contribution in [0, 0.1) is 17.0 Å². The van der Waals surface area contributed by atoms with Crippen LogP contribution in [-0.4, -0.2) is 13.1 Å². The summed E-state index contributed by atoms with van der Waals surface area (Å²) in [7, 11) is 1.31. The quantitative estimate of drug-likeness (QED) is 0.614. The van der Waals surface area contributed by atoms with Crippen LogP contribution in [0.5, 0.6) is 0 Å². The van der Waals surface area contributed by atoms with Crippen LogP contribution in [0.2, 0.25) is 0 Å². The third-order valence-corrected chi connectivity index (χ3v) is 4.91. The highest BCUT2D eigenvalue weighted by molar-refractivity contribution is 5.82. The Hall–Kier alpha value is -2.49. The van der Waals surface area contributed by atoms with E-state index in [4.69, 9.17) is 0 Å². The number of methoxy groups -OCH3 is 1. The van der Waals surface area contributed by atoms with Crippen LogP contribution in [0.1, 0.15) is 24.5 Å². The van der Waals surface area contributed by atoms with Crippen LogP contribution < -0.4 is 0 Å². The fraction of sp³-hybridized carbons (Fsp3) is 0.250. The number of allylic oxidation sites excluding steroid dienone is 1. The van der Waals surface area contributed by atoms with E-state index in [9.17, 15) is 13.6 Å². The van der Waals surface area contributed by atoms with Gasteiger partial charge in [-0.25, -0.2) is 13.6 Å². The van der Waals surface area contributed by atoms with Crippen molar-refractivity contribution in [3.05, 3.63) is 83.4 Å². The smallest absolute Gasteiger partial charge is 0.330 e. The zero-order valence-electron chi connectivity index (χ0n) is 13.6. The predicted molar refractivity (Wildman–Crippen MR) is 87.5 cm³/mol. The van der Waals surface area contributed by atoms with Gasteiger partial charge in [-0.1, -0.05) is 37.3 Å². The first-order valence-corrected chi connectivity index (χ1v) is 7.70. The molecule has 1 atom stereocenters. The van der Waals surface area contributed by atoms with Crippen molar-refractivity contribution in [3.63, 3.8) is 0 Å². The Kier molecular flexibility index (Phi) is 3.99. The van der Waals surface area contributed by atoms with Gasteiger partial charge in [-0.3, -0.25) is 0 Å². The predicted octanol–water partition coefficient (Wildman–Crippen LogP) is 4.39. The number of esters is 1. The summed E-state index contributed by atoms with van der Waals surface area (Å²) < 4.78 is 32.2. The minimum atomic E-state index is -0.568. The second-order valence-electron chi connectivity index (χ2n) is 6.38. The minimum absolute atomic E-state index is 0.338. The highest BCUT2D eigenvalue weighted by atomic mass is 19.1. The van der Waals surface area contributed by atoms with Crippen LogP contribution in [0.3, 0.4) is 0 Å². The molecule has 0 spiro atoms. The summed E-state index contributed by atoms with van der Waals surface area (Å²) in [5.41, 5.74) is 0.542. The van der Waals surface area contributed by atoms with Gasteiger partial charge in [0.2, 0.25) is 0 Å². The SMILES string of the molecule is COC(=O)/C=C/[C@@]1(C)CC1(c1cccc(F)c1)c1cccc(F)c1. The molecule has 0 bridgehead atoms. The lowest BCUT2D eigenvalue weighted by Gasteiger charge is -2.23. The molecular weight excluding hydrogens is 310 g/mol. The van der Waals surface area contributed by atoms with Gasteiger partial charge in [-0.15, -0.1) is 0 Å². The van der Waals surface area contributed by atoms with Gasteiger partial charge in [-0.05, 0) is 41.8 Å². The summed E-state index contributed by atoms with van der Waals surface area (Å²) in [5.74, 6) is -1.13. The number of carbonyl (C=O) groups excluding carboxylic acids is 1. The van der Waals surface area contributed by atoms with Gasteiger partial charge < -0.3 is 4.74 Å². The first kappa shape index (κ1) is 16.4. The number of hydrogen-bond acceptors (Lipinski definition) is 2. The minimum Gasteiger partial charge on any atom is -0.466 e. The molecule has 0 aromatic heterocycles. The van der Waals surface area contributed by atoms with E-state index in [1.54, 1.807) is 18.2 Å². The number of hydrogen-bond donors (Lipinski definition) is 0. The normalized spacial score (nSPS) is 21.7. The number of ether oxygens (including phenoxy) is 1. The highest BCUT2D eigenvalue weighted by Gasteiger charge is 2.64. The number of halogens is 2. The first-order chi connectivity index (χ1) is 11.4. The molecule has 1 aliphatic carbocycles. The molecule has 1 aliphatic rings. The Balaban J connectivity index is 2.11. The molecule has 124 valence electrons. The van der Waals surface area contributed by atoms with E-state index >= 15 is 0 Å². The van der Waals surface area contributed by atoms with Crippen LogP contribution in [0.25, 0.3) is 0 Å². The van der Waals surface area contributed by atoms with Crippen molar-refractivity contribution in [2.45, 2.75) is 18.8 Å². The van der Waals surface area contributed by atoms with Crippen molar-refractivity contribution in [2.24, 2.45) is 5.41 Å². The molecule has 0 N–H and O–H groups in total.